The fourth-order valence-corrected chi connectivity index (χ4v) is 6.30. The Hall–Kier alpha value is -2.42. The number of fused-ring (bicyclic) bond motifs is 1. The Kier molecular flexibility index (Phi) is 6.04. The molecule has 1 atom stereocenters. The quantitative estimate of drug-likeness (QED) is 0.648. The molecule has 2 aliphatic rings. The summed E-state index contributed by atoms with van der Waals surface area (Å²) in [5.41, 5.74) is 0.965. The number of carboxylic acids is 1. The number of piperazine rings is 1. The maximum absolute atomic E-state index is 13.1. The number of nitrogens with zero attached hydrogens (tertiary/aromatic N) is 3. The molecule has 0 spiro atoms. The van der Waals surface area contributed by atoms with Crippen molar-refractivity contribution in [3.8, 4) is 5.75 Å². The number of aromatic nitrogens is 1. The summed E-state index contributed by atoms with van der Waals surface area (Å²) in [7, 11) is -4.26. The van der Waals surface area contributed by atoms with Crippen LogP contribution in [0, 0.1) is 0 Å². The lowest BCUT2D eigenvalue weighted by molar-refractivity contribution is -0.274. The van der Waals surface area contributed by atoms with Crippen molar-refractivity contribution in [3.63, 3.8) is 0 Å². The van der Waals surface area contributed by atoms with E-state index in [1.165, 1.54) is 11.3 Å². The minimum Gasteiger partial charge on any atom is -0.480 e. The molecular formula is C18H19F3N4O5S2. The molecule has 1 fully saturated rings. The Balaban J connectivity index is 1.54. The van der Waals surface area contributed by atoms with Crippen LogP contribution in [0.3, 0.4) is 0 Å². The average molecular weight is 493 g/mol. The van der Waals surface area contributed by atoms with Crippen LogP contribution in [0.15, 0.2) is 29.2 Å². The van der Waals surface area contributed by atoms with Crippen molar-refractivity contribution >= 4 is 32.5 Å². The molecule has 2 aromatic rings. The number of aliphatic carboxylic acids is 1. The highest BCUT2D eigenvalue weighted by Gasteiger charge is 2.41. The SMILES string of the molecule is O=C(O)[C@H]1CN(c2nc3c(s2)CNCC3)CCN1S(=O)(=O)c1ccc(OC(F)(F)F)cc1. The normalized spacial score (nSPS) is 20.1. The first-order chi connectivity index (χ1) is 15.0. The molecule has 2 N–H and O–H groups in total. The van der Waals surface area contributed by atoms with Gasteiger partial charge in [0.15, 0.2) is 5.13 Å². The van der Waals surface area contributed by atoms with Gasteiger partial charge in [0.25, 0.3) is 0 Å². The van der Waals surface area contributed by atoms with Crippen LogP contribution in [-0.2, 0) is 27.8 Å². The summed E-state index contributed by atoms with van der Waals surface area (Å²) in [4.78, 5) is 19.0. The summed E-state index contributed by atoms with van der Waals surface area (Å²) in [5, 5.41) is 13.6. The first kappa shape index (κ1) is 22.8. The van der Waals surface area contributed by atoms with Crippen LogP contribution in [0.1, 0.15) is 10.6 Å². The molecular weight excluding hydrogens is 473 g/mol. The van der Waals surface area contributed by atoms with Gasteiger partial charge < -0.3 is 20.1 Å². The predicted molar refractivity (Wildman–Crippen MR) is 108 cm³/mol. The summed E-state index contributed by atoms with van der Waals surface area (Å²) < 4.78 is 67.7. The summed E-state index contributed by atoms with van der Waals surface area (Å²) in [5.74, 6) is -1.89. The first-order valence-corrected chi connectivity index (χ1v) is 11.8. The van der Waals surface area contributed by atoms with Gasteiger partial charge in [-0.15, -0.1) is 24.5 Å². The minimum atomic E-state index is -4.91. The van der Waals surface area contributed by atoms with E-state index in [1.54, 1.807) is 4.90 Å². The lowest BCUT2D eigenvalue weighted by atomic mass is 10.2. The van der Waals surface area contributed by atoms with Gasteiger partial charge in [-0.1, -0.05) is 0 Å². The third kappa shape index (κ3) is 4.67. The Morgan fingerprint density at radius 2 is 1.97 bits per heavy atom. The summed E-state index contributed by atoms with van der Waals surface area (Å²) in [6, 6.07) is 2.30. The van der Waals surface area contributed by atoms with E-state index >= 15 is 0 Å². The van der Waals surface area contributed by atoms with Gasteiger partial charge in [0.2, 0.25) is 10.0 Å². The topological polar surface area (TPSA) is 112 Å². The molecule has 9 nitrogen and oxygen atoms in total. The van der Waals surface area contributed by atoms with Crippen molar-refractivity contribution in [3.05, 3.63) is 34.8 Å². The third-order valence-corrected chi connectivity index (χ3v) is 8.22. The molecule has 3 heterocycles. The van der Waals surface area contributed by atoms with Crippen molar-refractivity contribution in [1.29, 1.82) is 0 Å². The number of nitrogens with one attached hydrogen (secondary N) is 1. The van der Waals surface area contributed by atoms with E-state index in [9.17, 15) is 31.5 Å². The zero-order valence-corrected chi connectivity index (χ0v) is 18.1. The fraction of sp³-hybridized carbons (Fsp3) is 0.444. The maximum Gasteiger partial charge on any atom is 0.573 e. The first-order valence-electron chi connectivity index (χ1n) is 9.59. The Morgan fingerprint density at radius 1 is 1.25 bits per heavy atom. The molecule has 0 aliphatic carbocycles. The molecule has 0 bridgehead atoms. The van der Waals surface area contributed by atoms with Crippen LogP contribution in [0.4, 0.5) is 18.3 Å². The predicted octanol–water partition coefficient (Wildman–Crippen LogP) is 1.65. The van der Waals surface area contributed by atoms with Gasteiger partial charge in [0.1, 0.15) is 11.8 Å². The fourth-order valence-electron chi connectivity index (χ4n) is 3.62. The number of carbonyl (C=O) groups is 1. The number of rotatable bonds is 5. The van der Waals surface area contributed by atoms with Gasteiger partial charge in [-0.25, -0.2) is 13.4 Å². The zero-order chi connectivity index (χ0) is 23.1. The average Bonchev–Trinajstić information content (AvgIpc) is 3.17. The summed E-state index contributed by atoms with van der Waals surface area (Å²) in [6.45, 7) is 1.54. The van der Waals surface area contributed by atoms with Crippen molar-refractivity contribution in [2.24, 2.45) is 0 Å². The van der Waals surface area contributed by atoms with Crippen molar-refractivity contribution in [2.45, 2.75) is 30.3 Å². The number of thiazole rings is 1. The number of sulfonamides is 1. The zero-order valence-electron chi connectivity index (χ0n) is 16.5. The molecule has 4 rings (SSSR count). The number of hydrogen-bond donors (Lipinski definition) is 2. The number of benzene rings is 1. The summed E-state index contributed by atoms with van der Waals surface area (Å²) in [6.07, 6.45) is -4.13. The van der Waals surface area contributed by atoms with Gasteiger partial charge in [0.05, 0.1) is 10.6 Å². The van der Waals surface area contributed by atoms with E-state index in [0.717, 1.165) is 52.1 Å². The van der Waals surface area contributed by atoms with Gasteiger partial charge in [-0.3, -0.25) is 4.79 Å². The Bertz CT molecular complexity index is 1080. The molecule has 32 heavy (non-hydrogen) atoms. The largest absolute Gasteiger partial charge is 0.573 e. The van der Waals surface area contributed by atoms with E-state index in [-0.39, 0.29) is 24.5 Å². The highest BCUT2D eigenvalue weighted by atomic mass is 32.2. The molecule has 0 saturated carbocycles. The lowest BCUT2D eigenvalue weighted by Crippen LogP contribution is -2.58. The maximum atomic E-state index is 13.1. The van der Waals surface area contributed by atoms with Crippen molar-refractivity contribution in [2.75, 3.05) is 31.1 Å². The van der Waals surface area contributed by atoms with E-state index in [0.29, 0.717) is 11.7 Å². The molecule has 1 saturated heterocycles. The number of anilines is 1. The van der Waals surface area contributed by atoms with Gasteiger partial charge in [-0.05, 0) is 24.3 Å². The second-order valence-electron chi connectivity index (χ2n) is 7.23. The number of hydrogen-bond acceptors (Lipinski definition) is 8. The molecule has 0 unspecified atom stereocenters. The van der Waals surface area contributed by atoms with Crippen LogP contribution < -0.4 is 15.0 Å². The molecule has 174 valence electrons. The van der Waals surface area contributed by atoms with Crippen LogP contribution in [0.2, 0.25) is 0 Å². The van der Waals surface area contributed by atoms with Crippen LogP contribution in [0.5, 0.6) is 5.75 Å². The minimum absolute atomic E-state index is 0.0936. The van der Waals surface area contributed by atoms with Crippen molar-refractivity contribution < 1.29 is 36.2 Å². The second kappa shape index (κ2) is 8.50. The monoisotopic (exact) mass is 492 g/mol. The van der Waals surface area contributed by atoms with E-state index < -0.39 is 34.1 Å². The third-order valence-electron chi connectivity index (χ3n) is 5.14. The Morgan fingerprint density at radius 3 is 2.59 bits per heavy atom. The van der Waals surface area contributed by atoms with Gasteiger partial charge in [0, 0.05) is 44.0 Å². The summed E-state index contributed by atoms with van der Waals surface area (Å²) >= 11 is 1.45. The lowest BCUT2D eigenvalue weighted by Gasteiger charge is -2.38. The number of carboxylic acid groups (broad SMARTS) is 1. The van der Waals surface area contributed by atoms with Gasteiger partial charge >= 0.3 is 12.3 Å². The highest BCUT2D eigenvalue weighted by molar-refractivity contribution is 7.89. The van der Waals surface area contributed by atoms with Crippen LogP contribution >= 0.6 is 11.3 Å². The van der Waals surface area contributed by atoms with Gasteiger partial charge in [-0.2, -0.15) is 4.31 Å². The molecule has 14 heteroatoms. The molecule has 0 amide bonds. The smallest absolute Gasteiger partial charge is 0.480 e. The number of halogens is 3. The van der Waals surface area contributed by atoms with E-state index in [2.05, 4.69) is 15.0 Å². The molecule has 1 aromatic carbocycles. The number of alkyl halides is 3. The van der Waals surface area contributed by atoms with Crippen LogP contribution in [0.25, 0.3) is 0 Å². The molecule has 1 aromatic heterocycles. The molecule has 2 aliphatic heterocycles. The second-order valence-corrected chi connectivity index (χ2v) is 10.2. The standard InChI is InChI=1S/C18H19F3N4O5S2/c19-18(20,21)30-11-1-3-12(4-2-11)32(28,29)25-8-7-24(10-14(25)16(26)27)17-23-13-5-6-22-9-15(13)31-17/h1-4,14,22H,5-10H2,(H,26,27)/t14-/m1/s1. The highest BCUT2D eigenvalue weighted by Crippen LogP contribution is 2.32. The van der Waals surface area contributed by atoms with E-state index in [4.69, 9.17) is 0 Å². The van der Waals surface area contributed by atoms with E-state index in [1.807, 2.05) is 0 Å². The Labute approximate surface area is 185 Å². The molecule has 0 radical (unpaired) electrons. The van der Waals surface area contributed by atoms with Crippen LogP contribution in [-0.4, -0.2) is 67.4 Å². The number of ether oxygens (including phenoxy) is 1. The van der Waals surface area contributed by atoms with Crippen molar-refractivity contribution in [1.82, 2.24) is 14.6 Å².